The van der Waals surface area contributed by atoms with Crippen LogP contribution in [0.15, 0.2) is 36.4 Å². The van der Waals surface area contributed by atoms with Crippen LogP contribution < -0.4 is 19.7 Å². The van der Waals surface area contributed by atoms with Crippen LogP contribution in [-0.2, 0) is 4.79 Å². The largest absolute Gasteiger partial charge is 0.490 e. The highest BCUT2D eigenvalue weighted by atomic mass is 35.5. The average Bonchev–Trinajstić information content (AvgIpc) is 3.00. The molecule has 2 aromatic carbocycles. The summed E-state index contributed by atoms with van der Waals surface area (Å²) in [5, 5.41) is 3.91. The van der Waals surface area contributed by atoms with E-state index in [4.69, 9.17) is 32.7 Å². The van der Waals surface area contributed by atoms with Gasteiger partial charge >= 0.3 is 0 Å². The molecule has 0 aromatic heterocycles. The van der Waals surface area contributed by atoms with Gasteiger partial charge in [0.05, 0.1) is 30.5 Å². The Morgan fingerprint density at radius 2 is 1.89 bits per heavy atom. The van der Waals surface area contributed by atoms with Crippen LogP contribution in [0.1, 0.15) is 30.9 Å². The lowest BCUT2D eigenvalue weighted by Gasteiger charge is -2.22. The van der Waals surface area contributed by atoms with Crippen molar-refractivity contribution in [3.8, 4) is 11.5 Å². The third-order valence-corrected chi connectivity index (χ3v) is 5.81. The number of benzene rings is 2. The van der Waals surface area contributed by atoms with Gasteiger partial charge in [-0.15, -0.1) is 0 Å². The third-order valence-electron chi connectivity index (χ3n) is 5.25. The smallest absolute Gasteiger partial charge is 0.279 e. The SMILES string of the molecule is O=C(C[NH+]1CCC[C@H]1c1ccc2c(c1)OCCCO2)Nc1cc(Cl)ccc1Cl. The highest BCUT2D eigenvalue weighted by molar-refractivity contribution is 6.35. The molecular formula is C21H23Cl2N2O3+. The zero-order chi connectivity index (χ0) is 19.5. The molecule has 2 aliphatic rings. The molecule has 0 radical (unpaired) electrons. The molecule has 2 heterocycles. The maximum atomic E-state index is 12.6. The number of rotatable bonds is 4. The Hall–Kier alpha value is -1.95. The number of nitrogens with one attached hydrogen (secondary N) is 2. The number of amides is 1. The Kier molecular flexibility index (Phi) is 5.95. The Morgan fingerprint density at radius 3 is 2.75 bits per heavy atom. The summed E-state index contributed by atoms with van der Waals surface area (Å²) in [4.78, 5) is 13.8. The van der Waals surface area contributed by atoms with Crippen molar-refractivity contribution in [3.63, 3.8) is 0 Å². The fourth-order valence-electron chi connectivity index (χ4n) is 3.92. The van der Waals surface area contributed by atoms with Gasteiger partial charge in [-0.25, -0.2) is 0 Å². The van der Waals surface area contributed by atoms with Crippen molar-refractivity contribution in [2.45, 2.75) is 25.3 Å². The van der Waals surface area contributed by atoms with Crippen molar-refractivity contribution in [2.75, 3.05) is 31.6 Å². The molecular weight excluding hydrogens is 399 g/mol. The first-order chi connectivity index (χ1) is 13.6. The van der Waals surface area contributed by atoms with Crippen molar-refractivity contribution in [2.24, 2.45) is 0 Å². The van der Waals surface area contributed by atoms with Gasteiger partial charge in [-0.2, -0.15) is 0 Å². The summed E-state index contributed by atoms with van der Waals surface area (Å²) < 4.78 is 11.6. The van der Waals surface area contributed by atoms with Crippen molar-refractivity contribution in [1.82, 2.24) is 0 Å². The first-order valence-electron chi connectivity index (χ1n) is 9.59. The summed E-state index contributed by atoms with van der Waals surface area (Å²) in [6.07, 6.45) is 3.01. The zero-order valence-corrected chi connectivity index (χ0v) is 17.0. The normalized spacial score (nSPS) is 21.2. The molecule has 1 amide bonds. The van der Waals surface area contributed by atoms with Crippen LogP contribution in [0.3, 0.4) is 0 Å². The van der Waals surface area contributed by atoms with E-state index in [2.05, 4.69) is 17.4 Å². The van der Waals surface area contributed by atoms with Crippen molar-refractivity contribution in [1.29, 1.82) is 0 Å². The highest BCUT2D eigenvalue weighted by Gasteiger charge is 2.32. The number of quaternary nitrogens is 1. The minimum Gasteiger partial charge on any atom is -0.490 e. The van der Waals surface area contributed by atoms with E-state index in [-0.39, 0.29) is 11.9 Å². The van der Waals surface area contributed by atoms with Crippen LogP contribution >= 0.6 is 23.2 Å². The zero-order valence-electron chi connectivity index (χ0n) is 15.5. The first kappa shape index (κ1) is 19.4. The van der Waals surface area contributed by atoms with Crippen molar-refractivity contribution < 1.29 is 19.2 Å². The van der Waals surface area contributed by atoms with E-state index >= 15 is 0 Å². The van der Waals surface area contributed by atoms with Gasteiger partial charge in [-0.1, -0.05) is 23.2 Å². The molecule has 2 atom stereocenters. The lowest BCUT2D eigenvalue weighted by atomic mass is 10.0. The Morgan fingerprint density at radius 1 is 1.07 bits per heavy atom. The first-order valence-corrected chi connectivity index (χ1v) is 10.3. The van der Waals surface area contributed by atoms with Crippen molar-refractivity contribution >= 4 is 34.8 Å². The van der Waals surface area contributed by atoms with E-state index in [1.807, 2.05) is 6.07 Å². The number of anilines is 1. The van der Waals surface area contributed by atoms with Crippen molar-refractivity contribution in [3.05, 3.63) is 52.0 Å². The summed E-state index contributed by atoms with van der Waals surface area (Å²) >= 11 is 12.2. The maximum absolute atomic E-state index is 12.6. The quantitative estimate of drug-likeness (QED) is 0.793. The van der Waals surface area contributed by atoms with Crippen LogP contribution in [0, 0.1) is 0 Å². The van der Waals surface area contributed by atoms with Crippen LogP contribution in [-0.4, -0.2) is 32.2 Å². The fraction of sp³-hybridized carbons (Fsp3) is 0.381. The molecule has 0 bridgehead atoms. The van der Waals surface area contributed by atoms with Crippen LogP contribution in [0.2, 0.25) is 10.0 Å². The van der Waals surface area contributed by atoms with Gasteiger partial charge < -0.3 is 19.7 Å². The molecule has 1 fully saturated rings. The summed E-state index contributed by atoms with van der Waals surface area (Å²) in [7, 11) is 0. The molecule has 2 aliphatic heterocycles. The molecule has 5 nitrogen and oxygen atoms in total. The molecule has 1 unspecified atom stereocenters. The molecule has 1 saturated heterocycles. The predicted molar refractivity (Wildman–Crippen MR) is 110 cm³/mol. The molecule has 0 spiro atoms. The predicted octanol–water partition coefficient (Wildman–Crippen LogP) is 3.51. The van der Waals surface area contributed by atoms with E-state index in [0.29, 0.717) is 35.5 Å². The topological polar surface area (TPSA) is 52.0 Å². The molecule has 0 aliphatic carbocycles. The number of hydrogen-bond donors (Lipinski definition) is 2. The molecule has 2 aromatic rings. The molecule has 4 rings (SSSR count). The maximum Gasteiger partial charge on any atom is 0.279 e. The van der Waals surface area contributed by atoms with E-state index in [9.17, 15) is 4.79 Å². The van der Waals surface area contributed by atoms with E-state index in [0.717, 1.165) is 37.3 Å². The van der Waals surface area contributed by atoms with Gasteiger partial charge in [0.25, 0.3) is 5.91 Å². The Balaban J connectivity index is 1.45. The number of hydrogen-bond acceptors (Lipinski definition) is 3. The second-order valence-electron chi connectivity index (χ2n) is 7.21. The second kappa shape index (κ2) is 8.60. The minimum absolute atomic E-state index is 0.0691. The van der Waals surface area contributed by atoms with Gasteiger partial charge in [0.2, 0.25) is 0 Å². The van der Waals surface area contributed by atoms with E-state index in [1.54, 1.807) is 18.2 Å². The lowest BCUT2D eigenvalue weighted by molar-refractivity contribution is -0.910. The molecule has 148 valence electrons. The van der Waals surface area contributed by atoms with Gasteiger partial charge in [0.15, 0.2) is 18.0 Å². The van der Waals surface area contributed by atoms with Gasteiger partial charge in [0, 0.05) is 29.8 Å². The van der Waals surface area contributed by atoms with E-state index < -0.39 is 0 Å². The van der Waals surface area contributed by atoms with Crippen LogP contribution in [0.4, 0.5) is 5.69 Å². The molecule has 28 heavy (non-hydrogen) atoms. The highest BCUT2D eigenvalue weighted by Crippen LogP contribution is 2.33. The van der Waals surface area contributed by atoms with Crippen LogP contribution in [0.5, 0.6) is 11.5 Å². The molecule has 0 saturated carbocycles. The second-order valence-corrected chi connectivity index (χ2v) is 8.05. The molecule has 2 N–H and O–H groups in total. The number of carbonyl (C=O) groups is 1. The molecule has 7 heteroatoms. The van der Waals surface area contributed by atoms with E-state index in [1.165, 1.54) is 10.5 Å². The monoisotopic (exact) mass is 421 g/mol. The van der Waals surface area contributed by atoms with Gasteiger partial charge in [-0.3, -0.25) is 4.79 Å². The average molecular weight is 422 g/mol. The number of carbonyl (C=O) groups excluding carboxylic acids is 1. The standard InChI is InChI=1S/C21H22Cl2N2O3/c22-15-5-6-16(23)17(12-15)24-21(26)13-25-8-1-3-18(25)14-4-7-19-20(11-14)28-10-2-9-27-19/h4-7,11-12,18H,1-3,8-10,13H2,(H,24,26)/p+1/t18-/m0/s1. The number of fused-ring (bicyclic) bond motifs is 1. The fourth-order valence-corrected chi connectivity index (χ4v) is 4.25. The van der Waals surface area contributed by atoms with Gasteiger partial charge in [0.1, 0.15) is 6.04 Å². The summed E-state index contributed by atoms with van der Waals surface area (Å²) in [6.45, 7) is 2.68. The number of halogens is 2. The third kappa shape index (κ3) is 4.37. The Labute approximate surface area is 174 Å². The number of likely N-dealkylation sites (tertiary alicyclic amines) is 1. The van der Waals surface area contributed by atoms with Crippen LogP contribution in [0.25, 0.3) is 0 Å². The summed E-state index contributed by atoms with van der Waals surface area (Å²) in [5.74, 6) is 1.53. The lowest BCUT2D eigenvalue weighted by Crippen LogP contribution is -3.11. The Bertz CT molecular complexity index is 875. The number of ether oxygens (including phenoxy) is 2. The summed E-state index contributed by atoms with van der Waals surface area (Å²) in [6, 6.07) is 11.5. The van der Waals surface area contributed by atoms with Gasteiger partial charge in [-0.05, 0) is 36.4 Å². The minimum atomic E-state index is -0.0691. The summed E-state index contributed by atoms with van der Waals surface area (Å²) in [5.41, 5.74) is 1.73.